The minimum absolute atomic E-state index is 0.137. The van der Waals surface area contributed by atoms with Crippen LogP contribution < -0.4 is 0 Å². The van der Waals surface area contributed by atoms with E-state index in [1.165, 1.54) is 0 Å². The van der Waals surface area contributed by atoms with Crippen LogP contribution >= 0.6 is 31.9 Å². The van der Waals surface area contributed by atoms with Gasteiger partial charge in [-0.2, -0.15) is 0 Å². The highest BCUT2D eigenvalue weighted by atomic mass is 79.9. The van der Waals surface area contributed by atoms with Crippen LogP contribution in [0.3, 0.4) is 0 Å². The third-order valence-corrected chi connectivity index (χ3v) is 5.48. The zero-order valence-corrected chi connectivity index (χ0v) is 8.86. The van der Waals surface area contributed by atoms with Crippen molar-refractivity contribution >= 4 is 37.8 Å². The lowest BCUT2D eigenvalue weighted by Gasteiger charge is -2.03. The molecule has 0 saturated heterocycles. The second kappa shape index (κ2) is 1.97. The highest BCUT2D eigenvalue weighted by molar-refractivity contribution is 9.25. The van der Waals surface area contributed by atoms with Crippen molar-refractivity contribution in [1.82, 2.24) is 0 Å². The normalized spacial score (nSPS) is 43.0. The summed E-state index contributed by atoms with van der Waals surface area (Å²) in [6.07, 6.45) is 0. The van der Waals surface area contributed by atoms with Crippen molar-refractivity contribution in [3.05, 3.63) is 0 Å². The van der Waals surface area contributed by atoms with E-state index in [0.29, 0.717) is 0 Å². The molecule has 0 aliphatic heterocycles. The molecule has 2 nitrogen and oxygen atoms in total. The number of carboxylic acid groups (broad SMARTS) is 1. The molecule has 4 heteroatoms. The molecule has 0 bridgehead atoms. The average Bonchev–Trinajstić information content (AvgIpc) is 2.16. The first kappa shape index (κ1) is 8.53. The Bertz CT molecular complexity index is 190. The molecule has 1 aliphatic rings. The van der Waals surface area contributed by atoms with Crippen LogP contribution in [0.5, 0.6) is 0 Å². The van der Waals surface area contributed by atoms with E-state index in [4.69, 9.17) is 5.11 Å². The summed E-state index contributed by atoms with van der Waals surface area (Å²) in [5.41, 5.74) is -0.646. The first-order valence-electron chi connectivity index (χ1n) is 2.96. The van der Waals surface area contributed by atoms with Crippen LogP contribution in [0, 0.1) is 11.3 Å². The molecule has 2 atom stereocenters. The minimum atomic E-state index is -0.756. The van der Waals surface area contributed by atoms with Crippen molar-refractivity contribution in [2.45, 2.75) is 17.1 Å². The standard InChI is InChI=1S/C6H8Br2O2/c1-3-5(2,4(9)10)6(3,7)8/h3H,1-2H3,(H,9,10)/t3-,5+/m1/s1. The fourth-order valence-corrected chi connectivity index (χ4v) is 2.78. The summed E-state index contributed by atoms with van der Waals surface area (Å²) in [5.74, 6) is -0.619. The van der Waals surface area contributed by atoms with Gasteiger partial charge in [-0.3, -0.25) is 4.79 Å². The lowest BCUT2D eigenvalue weighted by atomic mass is 10.1. The summed E-state index contributed by atoms with van der Waals surface area (Å²) in [6.45, 7) is 3.63. The van der Waals surface area contributed by atoms with Gasteiger partial charge in [-0.15, -0.1) is 0 Å². The van der Waals surface area contributed by atoms with Crippen LogP contribution in [0.15, 0.2) is 0 Å². The van der Waals surface area contributed by atoms with Crippen molar-refractivity contribution < 1.29 is 9.90 Å². The summed E-state index contributed by atoms with van der Waals surface area (Å²) in [5, 5.41) is 8.76. The lowest BCUT2D eigenvalue weighted by molar-refractivity contribution is -0.143. The van der Waals surface area contributed by atoms with Crippen LogP contribution in [-0.4, -0.2) is 14.3 Å². The van der Waals surface area contributed by atoms with E-state index in [2.05, 4.69) is 31.9 Å². The van der Waals surface area contributed by atoms with Crippen molar-refractivity contribution in [3.63, 3.8) is 0 Å². The molecular formula is C6H8Br2O2. The maximum absolute atomic E-state index is 10.6. The highest BCUT2D eigenvalue weighted by Gasteiger charge is 2.74. The second-order valence-corrected chi connectivity index (χ2v) is 6.42. The van der Waals surface area contributed by atoms with Crippen molar-refractivity contribution in [1.29, 1.82) is 0 Å². The summed E-state index contributed by atoms with van der Waals surface area (Å²) in [6, 6.07) is 0. The molecule has 1 saturated carbocycles. The van der Waals surface area contributed by atoms with Gasteiger partial charge in [0.1, 0.15) is 3.23 Å². The third kappa shape index (κ3) is 0.720. The molecular weight excluding hydrogens is 264 g/mol. The van der Waals surface area contributed by atoms with Gasteiger partial charge in [0.15, 0.2) is 0 Å². The summed E-state index contributed by atoms with van der Waals surface area (Å²) < 4.78 is -0.390. The van der Waals surface area contributed by atoms with Crippen LogP contribution in [0.1, 0.15) is 13.8 Å². The van der Waals surface area contributed by atoms with E-state index in [-0.39, 0.29) is 5.92 Å². The van der Waals surface area contributed by atoms with E-state index < -0.39 is 14.6 Å². The monoisotopic (exact) mass is 270 g/mol. The Morgan fingerprint density at radius 1 is 1.60 bits per heavy atom. The first-order chi connectivity index (χ1) is 4.35. The van der Waals surface area contributed by atoms with Gasteiger partial charge in [-0.1, -0.05) is 38.8 Å². The van der Waals surface area contributed by atoms with Crippen LogP contribution in [0.25, 0.3) is 0 Å². The largest absolute Gasteiger partial charge is 0.481 e. The fourth-order valence-electron chi connectivity index (χ4n) is 1.06. The Morgan fingerprint density at radius 3 is 1.90 bits per heavy atom. The zero-order chi connectivity index (χ0) is 8.15. The quantitative estimate of drug-likeness (QED) is 0.743. The SMILES string of the molecule is C[C@H]1C(Br)(Br)[C@]1(C)C(=O)O. The van der Waals surface area contributed by atoms with E-state index >= 15 is 0 Å². The Kier molecular flexibility index (Phi) is 1.68. The molecule has 1 N–H and O–H groups in total. The topological polar surface area (TPSA) is 37.3 Å². The Balaban J connectivity index is 2.88. The van der Waals surface area contributed by atoms with Gasteiger partial charge in [0.2, 0.25) is 0 Å². The van der Waals surface area contributed by atoms with Crippen LogP contribution in [0.4, 0.5) is 0 Å². The molecule has 0 amide bonds. The van der Waals surface area contributed by atoms with Crippen molar-refractivity contribution in [3.8, 4) is 0 Å². The Labute approximate surface area is 76.2 Å². The molecule has 0 aromatic rings. The van der Waals surface area contributed by atoms with Crippen molar-refractivity contribution in [2.75, 3.05) is 0 Å². The van der Waals surface area contributed by atoms with Gasteiger partial charge in [0.25, 0.3) is 0 Å². The third-order valence-electron chi connectivity index (χ3n) is 2.46. The van der Waals surface area contributed by atoms with E-state index in [0.717, 1.165) is 0 Å². The smallest absolute Gasteiger partial charge is 0.312 e. The molecule has 1 aliphatic carbocycles. The number of hydrogen-bond donors (Lipinski definition) is 1. The van der Waals surface area contributed by atoms with Gasteiger partial charge < -0.3 is 5.11 Å². The molecule has 0 unspecified atom stereocenters. The number of carboxylic acids is 1. The highest BCUT2D eigenvalue weighted by Crippen LogP contribution is 2.70. The van der Waals surface area contributed by atoms with E-state index in [1.807, 2.05) is 6.92 Å². The predicted molar refractivity (Wildman–Crippen MR) is 45.5 cm³/mol. The molecule has 10 heavy (non-hydrogen) atoms. The summed E-state index contributed by atoms with van der Waals surface area (Å²) >= 11 is 6.62. The lowest BCUT2D eigenvalue weighted by Crippen LogP contribution is -2.16. The van der Waals surface area contributed by atoms with E-state index in [1.54, 1.807) is 6.92 Å². The predicted octanol–water partition coefficient (Wildman–Crippen LogP) is 2.21. The number of hydrogen-bond acceptors (Lipinski definition) is 1. The van der Waals surface area contributed by atoms with Gasteiger partial charge in [0.05, 0.1) is 5.41 Å². The first-order valence-corrected chi connectivity index (χ1v) is 4.55. The van der Waals surface area contributed by atoms with Crippen LogP contribution in [0.2, 0.25) is 0 Å². The second-order valence-electron chi connectivity index (χ2n) is 2.85. The maximum atomic E-state index is 10.6. The number of aliphatic carboxylic acids is 1. The zero-order valence-electron chi connectivity index (χ0n) is 5.69. The maximum Gasteiger partial charge on any atom is 0.312 e. The minimum Gasteiger partial charge on any atom is -0.481 e. The summed E-state index contributed by atoms with van der Waals surface area (Å²) in [4.78, 5) is 10.6. The van der Waals surface area contributed by atoms with Gasteiger partial charge in [-0.05, 0) is 6.92 Å². The van der Waals surface area contributed by atoms with Gasteiger partial charge >= 0.3 is 5.97 Å². The molecule has 0 radical (unpaired) electrons. The molecule has 0 aromatic heterocycles. The Morgan fingerprint density at radius 2 is 1.90 bits per heavy atom. The van der Waals surface area contributed by atoms with Gasteiger partial charge in [-0.25, -0.2) is 0 Å². The molecule has 1 fully saturated rings. The number of halogens is 2. The molecule has 1 rings (SSSR count). The molecule has 58 valence electrons. The number of alkyl halides is 2. The number of carbonyl (C=O) groups is 1. The number of rotatable bonds is 1. The van der Waals surface area contributed by atoms with Crippen LogP contribution in [-0.2, 0) is 4.79 Å². The molecule has 0 aromatic carbocycles. The van der Waals surface area contributed by atoms with Crippen molar-refractivity contribution in [2.24, 2.45) is 11.3 Å². The fraction of sp³-hybridized carbons (Fsp3) is 0.833. The van der Waals surface area contributed by atoms with E-state index in [9.17, 15) is 4.79 Å². The molecule has 0 spiro atoms. The molecule has 0 heterocycles. The van der Waals surface area contributed by atoms with Gasteiger partial charge in [0, 0.05) is 5.92 Å². The Hall–Kier alpha value is 0.430. The average molecular weight is 272 g/mol. The summed E-state index contributed by atoms with van der Waals surface area (Å²) in [7, 11) is 0.